The van der Waals surface area contributed by atoms with E-state index in [-0.39, 0.29) is 11.3 Å². The van der Waals surface area contributed by atoms with Gasteiger partial charge in [-0.25, -0.2) is 0 Å². The first-order chi connectivity index (χ1) is 5.90. The Labute approximate surface area is 86.9 Å². The van der Waals surface area contributed by atoms with Crippen molar-refractivity contribution >= 4 is 18.5 Å². The van der Waals surface area contributed by atoms with Gasteiger partial charge in [-0.3, -0.25) is 4.79 Å². The summed E-state index contributed by atoms with van der Waals surface area (Å²) in [5.74, 6) is 1.29. The molecule has 0 atom stereocenters. The number of carbonyl (C=O) groups is 1. The van der Waals surface area contributed by atoms with Crippen molar-refractivity contribution in [2.24, 2.45) is 11.3 Å². The van der Waals surface area contributed by atoms with Crippen LogP contribution in [0.1, 0.15) is 34.1 Å². The third-order valence-corrected chi connectivity index (χ3v) is 2.87. The minimum atomic E-state index is 0.101. The number of thiol groups is 1. The molecule has 3 heteroatoms. The molecule has 0 aliphatic heterocycles. The average molecular weight is 203 g/mol. The van der Waals surface area contributed by atoms with Crippen LogP contribution in [-0.4, -0.2) is 18.2 Å². The fraction of sp³-hybridized carbons (Fsp3) is 0.900. The van der Waals surface area contributed by atoms with Gasteiger partial charge in [-0.1, -0.05) is 27.7 Å². The van der Waals surface area contributed by atoms with Crippen LogP contribution in [-0.2, 0) is 4.79 Å². The fourth-order valence-corrected chi connectivity index (χ4v) is 0.924. The normalized spacial score (nSPS) is 11.8. The number of hydrogen-bond acceptors (Lipinski definition) is 2. The molecule has 0 aromatic heterocycles. The quantitative estimate of drug-likeness (QED) is 0.658. The Morgan fingerprint density at radius 2 is 2.00 bits per heavy atom. The standard InChI is InChI=1S/C10H21NOS/c1-8(2)10(3,4)7-11-9(12)5-6-13/h8,13H,5-7H2,1-4H3,(H,11,12). The lowest BCUT2D eigenvalue weighted by atomic mass is 9.81. The summed E-state index contributed by atoms with van der Waals surface area (Å²) in [6.07, 6.45) is 0.511. The molecule has 0 aliphatic rings. The van der Waals surface area contributed by atoms with Gasteiger partial charge in [-0.2, -0.15) is 12.6 Å². The molecule has 1 amide bonds. The molecule has 2 nitrogen and oxygen atoms in total. The number of carbonyl (C=O) groups excluding carboxylic acids is 1. The highest BCUT2D eigenvalue weighted by atomic mass is 32.1. The van der Waals surface area contributed by atoms with E-state index in [1.165, 1.54) is 0 Å². The summed E-state index contributed by atoms with van der Waals surface area (Å²) in [5, 5.41) is 2.92. The second-order valence-electron chi connectivity index (χ2n) is 4.39. The Morgan fingerprint density at radius 3 is 2.38 bits per heavy atom. The molecule has 0 aliphatic carbocycles. The Morgan fingerprint density at radius 1 is 1.46 bits per heavy atom. The predicted octanol–water partition coefficient (Wildman–Crippen LogP) is 2.10. The minimum Gasteiger partial charge on any atom is -0.356 e. The smallest absolute Gasteiger partial charge is 0.220 e. The summed E-state index contributed by atoms with van der Waals surface area (Å²) in [6, 6.07) is 0. The van der Waals surface area contributed by atoms with Crippen LogP contribution in [0.3, 0.4) is 0 Å². The van der Waals surface area contributed by atoms with E-state index in [1.54, 1.807) is 0 Å². The van der Waals surface area contributed by atoms with Crippen molar-refractivity contribution in [1.82, 2.24) is 5.32 Å². The van der Waals surface area contributed by atoms with E-state index in [0.29, 0.717) is 18.1 Å². The highest BCUT2D eigenvalue weighted by Gasteiger charge is 2.22. The van der Waals surface area contributed by atoms with Crippen LogP contribution in [0.15, 0.2) is 0 Å². The molecule has 0 fully saturated rings. The Bertz CT molecular complexity index is 166. The van der Waals surface area contributed by atoms with Gasteiger partial charge in [0.25, 0.3) is 0 Å². The summed E-state index contributed by atoms with van der Waals surface area (Å²) in [6.45, 7) is 9.42. The molecule has 0 saturated heterocycles. The van der Waals surface area contributed by atoms with E-state index >= 15 is 0 Å². The van der Waals surface area contributed by atoms with E-state index in [9.17, 15) is 4.79 Å². The van der Waals surface area contributed by atoms with Gasteiger partial charge in [-0.15, -0.1) is 0 Å². The maximum atomic E-state index is 11.2. The number of nitrogens with one attached hydrogen (secondary N) is 1. The molecule has 0 saturated carbocycles. The molecule has 0 unspecified atom stereocenters. The molecule has 0 rings (SSSR count). The van der Waals surface area contributed by atoms with Gasteiger partial charge in [0.1, 0.15) is 0 Å². The zero-order valence-electron chi connectivity index (χ0n) is 9.05. The van der Waals surface area contributed by atoms with E-state index in [0.717, 1.165) is 6.54 Å². The van der Waals surface area contributed by atoms with Crippen LogP contribution in [0.25, 0.3) is 0 Å². The Balaban J connectivity index is 3.81. The van der Waals surface area contributed by atoms with Gasteiger partial charge < -0.3 is 5.32 Å². The molecular weight excluding hydrogens is 182 g/mol. The molecule has 0 bridgehead atoms. The highest BCUT2D eigenvalue weighted by Crippen LogP contribution is 2.24. The molecule has 0 heterocycles. The molecule has 78 valence electrons. The van der Waals surface area contributed by atoms with Crippen LogP contribution in [0.2, 0.25) is 0 Å². The van der Waals surface area contributed by atoms with Crippen LogP contribution in [0, 0.1) is 11.3 Å². The highest BCUT2D eigenvalue weighted by molar-refractivity contribution is 7.80. The van der Waals surface area contributed by atoms with Gasteiger partial charge >= 0.3 is 0 Å². The molecular formula is C10H21NOS. The van der Waals surface area contributed by atoms with Crippen molar-refractivity contribution < 1.29 is 4.79 Å². The summed E-state index contributed by atoms with van der Waals surface area (Å²) in [4.78, 5) is 11.2. The van der Waals surface area contributed by atoms with Crippen molar-refractivity contribution in [1.29, 1.82) is 0 Å². The summed E-state index contributed by atoms with van der Waals surface area (Å²) in [7, 11) is 0. The molecule has 1 N–H and O–H groups in total. The molecule has 0 spiro atoms. The molecule has 0 aromatic rings. The minimum absolute atomic E-state index is 0.101. The maximum absolute atomic E-state index is 11.2. The second-order valence-corrected chi connectivity index (χ2v) is 4.84. The number of amides is 1. The topological polar surface area (TPSA) is 29.1 Å². The summed E-state index contributed by atoms with van der Waals surface area (Å²) >= 11 is 4.01. The van der Waals surface area contributed by atoms with Crippen molar-refractivity contribution in [2.75, 3.05) is 12.3 Å². The lowest BCUT2D eigenvalue weighted by Gasteiger charge is -2.29. The fourth-order valence-electron chi connectivity index (χ4n) is 0.720. The average Bonchev–Trinajstić information content (AvgIpc) is 2.01. The zero-order valence-corrected chi connectivity index (χ0v) is 9.95. The molecule has 0 aromatic carbocycles. The van der Waals surface area contributed by atoms with Crippen molar-refractivity contribution in [3.63, 3.8) is 0 Å². The van der Waals surface area contributed by atoms with Gasteiger partial charge in [0.05, 0.1) is 0 Å². The van der Waals surface area contributed by atoms with Crippen LogP contribution in [0.5, 0.6) is 0 Å². The first-order valence-corrected chi connectivity index (χ1v) is 5.41. The van der Waals surface area contributed by atoms with E-state index < -0.39 is 0 Å². The van der Waals surface area contributed by atoms with Gasteiger partial charge in [0.2, 0.25) is 5.91 Å². The lowest BCUT2D eigenvalue weighted by Crippen LogP contribution is -2.37. The van der Waals surface area contributed by atoms with E-state index in [1.807, 2.05) is 0 Å². The third kappa shape index (κ3) is 5.19. The van der Waals surface area contributed by atoms with E-state index in [2.05, 4.69) is 45.6 Å². The first kappa shape index (κ1) is 12.8. The largest absolute Gasteiger partial charge is 0.356 e. The van der Waals surface area contributed by atoms with Gasteiger partial charge in [0, 0.05) is 13.0 Å². The summed E-state index contributed by atoms with van der Waals surface area (Å²) < 4.78 is 0. The van der Waals surface area contributed by atoms with E-state index in [4.69, 9.17) is 0 Å². The van der Waals surface area contributed by atoms with Crippen LogP contribution < -0.4 is 5.32 Å². The van der Waals surface area contributed by atoms with Crippen LogP contribution >= 0.6 is 12.6 Å². The van der Waals surface area contributed by atoms with Crippen molar-refractivity contribution in [2.45, 2.75) is 34.1 Å². The zero-order chi connectivity index (χ0) is 10.5. The Hall–Kier alpha value is -0.180. The second kappa shape index (κ2) is 5.53. The van der Waals surface area contributed by atoms with Crippen molar-refractivity contribution in [3.8, 4) is 0 Å². The number of hydrogen-bond donors (Lipinski definition) is 2. The lowest BCUT2D eigenvalue weighted by molar-refractivity contribution is -0.121. The molecule has 13 heavy (non-hydrogen) atoms. The first-order valence-electron chi connectivity index (χ1n) is 4.77. The van der Waals surface area contributed by atoms with Crippen LogP contribution in [0.4, 0.5) is 0 Å². The SMILES string of the molecule is CC(C)C(C)(C)CNC(=O)CCS. The Kier molecular flexibility index (Phi) is 5.45. The van der Waals surface area contributed by atoms with Gasteiger partial charge in [0.15, 0.2) is 0 Å². The monoisotopic (exact) mass is 203 g/mol. The van der Waals surface area contributed by atoms with Gasteiger partial charge in [-0.05, 0) is 17.1 Å². The third-order valence-electron chi connectivity index (χ3n) is 2.64. The predicted molar refractivity (Wildman–Crippen MR) is 60.1 cm³/mol. The number of rotatable bonds is 5. The summed E-state index contributed by atoms with van der Waals surface area (Å²) in [5.41, 5.74) is 0.173. The molecule has 0 radical (unpaired) electrons. The maximum Gasteiger partial charge on any atom is 0.220 e. The van der Waals surface area contributed by atoms with Crippen molar-refractivity contribution in [3.05, 3.63) is 0 Å².